The number of nitrogens with one attached hydrogen (secondary N) is 2. The van der Waals surface area contributed by atoms with E-state index in [-0.39, 0.29) is 12.0 Å². The summed E-state index contributed by atoms with van der Waals surface area (Å²) < 4.78 is 4.93. The molecule has 0 atom stereocenters. The first-order chi connectivity index (χ1) is 6.29. The number of hydrogen-bond acceptors (Lipinski definition) is 4. The molecule has 0 unspecified atom stereocenters. The Balaban J connectivity index is 2.00. The van der Waals surface area contributed by atoms with Gasteiger partial charge in [-0.15, -0.1) is 0 Å². The number of carbonyl (C=O) groups is 1. The summed E-state index contributed by atoms with van der Waals surface area (Å²) in [5.41, 5.74) is 0. The molecular weight excluding hydrogens is 172 g/mol. The van der Waals surface area contributed by atoms with Crippen molar-refractivity contribution in [3.05, 3.63) is 5.89 Å². The Bertz CT molecular complexity index is 318. The van der Waals surface area contributed by atoms with Gasteiger partial charge in [0.25, 0.3) is 5.95 Å². The minimum Gasteiger partial charge on any atom is -0.341 e. The molecule has 1 saturated carbocycles. The van der Waals surface area contributed by atoms with Gasteiger partial charge in [0, 0.05) is 13.0 Å². The molecule has 70 valence electrons. The molecule has 1 aromatic heterocycles. The summed E-state index contributed by atoms with van der Waals surface area (Å²) in [4.78, 5) is 14.8. The third kappa shape index (κ3) is 1.77. The van der Waals surface area contributed by atoms with Gasteiger partial charge >= 0.3 is 6.03 Å². The van der Waals surface area contributed by atoms with Gasteiger partial charge in [-0.25, -0.2) is 4.79 Å². The van der Waals surface area contributed by atoms with Crippen LogP contribution in [0.4, 0.5) is 10.7 Å². The third-order valence-corrected chi connectivity index (χ3v) is 1.82. The predicted molar refractivity (Wildman–Crippen MR) is 44.4 cm³/mol. The van der Waals surface area contributed by atoms with Gasteiger partial charge < -0.3 is 9.84 Å². The highest BCUT2D eigenvalue weighted by Crippen LogP contribution is 2.39. The summed E-state index contributed by atoms with van der Waals surface area (Å²) in [6.45, 7) is 0. The van der Waals surface area contributed by atoms with Gasteiger partial charge in [0.05, 0.1) is 0 Å². The molecule has 1 aromatic rings. The monoisotopic (exact) mass is 182 g/mol. The molecule has 2 rings (SSSR count). The zero-order valence-corrected chi connectivity index (χ0v) is 7.20. The molecule has 0 saturated heterocycles. The van der Waals surface area contributed by atoms with Crippen LogP contribution >= 0.6 is 0 Å². The maximum Gasteiger partial charge on any atom is 0.321 e. The van der Waals surface area contributed by atoms with Crippen LogP contribution in [0.25, 0.3) is 0 Å². The summed E-state index contributed by atoms with van der Waals surface area (Å²) in [6, 6.07) is -0.344. The van der Waals surface area contributed by atoms with Gasteiger partial charge in [-0.1, -0.05) is 0 Å². The fraction of sp³-hybridized carbons (Fsp3) is 0.571. The summed E-state index contributed by atoms with van der Waals surface area (Å²) >= 11 is 0. The van der Waals surface area contributed by atoms with Crippen LogP contribution in [0.15, 0.2) is 4.52 Å². The second kappa shape index (κ2) is 3.04. The zero-order valence-electron chi connectivity index (χ0n) is 7.20. The summed E-state index contributed by atoms with van der Waals surface area (Å²) in [7, 11) is 1.53. The highest BCUT2D eigenvalue weighted by Gasteiger charge is 2.29. The van der Waals surface area contributed by atoms with Gasteiger partial charge in [-0.2, -0.15) is 4.98 Å². The minimum absolute atomic E-state index is 0.223. The average molecular weight is 182 g/mol. The van der Waals surface area contributed by atoms with Gasteiger partial charge in [0.1, 0.15) is 0 Å². The molecule has 0 aromatic carbocycles. The molecule has 0 radical (unpaired) electrons. The summed E-state index contributed by atoms with van der Waals surface area (Å²) in [5, 5.41) is 8.43. The lowest BCUT2D eigenvalue weighted by Crippen LogP contribution is -2.25. The number of urea groups is 1. The highest BCUT2D eigenvalue weighted by atomic mass is 16.5. The molecule has 6 nitrogen and oxygen atoms in total. The van der Waals surface area contributed by atoms with E-state index >= 15 is 0 Å². The van der Waals surface area contributed by atoms with Crippen molar-refractivity contribution in [3.63, 3.8) is 0 Å². The van der Waals surface area contributed by atoms with Crippen LogP contribution in [0.1, 0.15) is 24.7 Å². The maximum atomic E-state index is 10.8. The Kier molecular flexibility index (Phi) is 1.88. The van der Waals surface area contributed by atoms with Gasteiger partial charge in [0.2, 0.25) is 5.89 Å². The van der Waals surface area contributed by atoms with Gasteiger partial charge in [-0.05, 0) is 18.0 Å². The molecule has 0 spiro atoms. The van der Waals surface area contributed by atoms with Crippen LogP contribution < -0.4 is 10.6 Å². The van der Waals surface area contributed by atoms with E-state index in [0.717, 1.165) is 12.8 Å². The van der Waals surface area contributed by atoms with Crippen LogP contribution in [-0.4, -0.2) is 23.2 Å². The smallest absolute Gasteiger partial charge is 0.321 e. The van der Waals surface area contributed by atoms with E-state index < -0.39 is 0 Å². The number of amides is 2. The molecule has 1 aliphatic rings. The van der Waals surface area contributed by atoms with Crippen LogP contribution in [0, 0.1) is 0 Å². The Morgan fingerprint density at radius 3 is 3.00 bits per heavy atom. The second-order valence-corrected chi connectivity index (χ2v) is 2.93. The molecule has 2 amide bonds. The molecule has 1 fully saturated rings. The quantitative estimate of drug-likeness (QED) is 0.705. The first-order valence-corrected chi connectivity index (χ1v) is 4.12. The zero-order chi connectivity index (χ0) is 9.26. The Morgan fingerprint density at radius 1 is 1.62 bits per heavy atom. The minimum atomic E-state index is -0.344. The number of hydrogen-bond donors (Lipinski definition) is 2. The average Bonchev–Trinajstić information content (AvgIpc) is 2.88. The SMILES string of the molecule is CNC(=O)Nc1noc(C2CC2)n1. The molecule has 6 heteroatoms. The summed E-state index contributed by atoms with van der Waals surface area (Å²) in [5.74, 6) is 1.25. The predicted octanol–water partition coefficient (Wildman–Crippen LogP) is 0.698. The van der Waals surface area contributed by atoms with E-state index in [4.69, 9.17) is 4.52 Å². The van der Waals surface area contributed by atoms with Crippen molar-refractivity contribution >= 4 is 12.0 Å². The second-order valence-electron chi connectivity index (χ2n) is 2.93. The van der Waals surface area contributed by atoms with E-state index in [1.807, 2.05) is 0 Å². The maximum absolute atomic E-state index is 10.8. The van der Waals surface area contributed by atoms with Crippen molar-refractivity contribution in [1.82, 2.24) is 15.5 Å². The van der Waals surface area contributed by atoms with Crippen molar-refractivity contribution < 1.29 is 9.32 Å². The van der Waals surface area contributed by atoms with Crippen molar-refractivity contribution in [2.45, 2.75) is 18.8 Å². The number of carbonyl (C=O) groups excluding carboxylic acids is 1. The Morgan fingerprint density at radius 2 is 2.38 bits per heavy atom. The number of rotatable bonds is 2. The molecule has 0 bridgehead atoms. The first kappa shape index (κ1) is 8.03. The van der Waals surface area contributed by atoms with E-state index in [0.29, 0.717) is 11.8 Å². The molecule has 2 N–H and O–H groups in total. The van der Waals surface area contributed by atoms with Crippen LogP contribution in [0.2, 0.25) is 0 Å². The lowest BCUT2D eigenvalue weighted by atomic mass is 10.4. The summed E-state index contributed by atoms with van der Waals surface area (Å²) in [6.07, 6.45) is 2.20. The van der Waals surface area contributed by atoms with E-state index in [9.17, 15) is 4.79 Å². The van der Waals surface area contributed by atoms with Crippen molar-refractivity contribution in [3.8, 4) is 0 Å². The normalized spacial score (nSPS) is 15.5. The van der Waals surface area contributed by atoms with Crippen molar-refractivity contribution in [2.24, 2.45) is 0 Å². The number of anilines is 1. The van der Waals surface area contributed by atoms with Gasteiger partial charge in [0.15, 0.2) is 0 Å². The van der Waals surface area contributed by atoms with Crippen molar-refractivity contribution in [2.75, 3.05) is 12.4 Å². The molecule has 1 aliphatic carbocycles. The van der Waals surface area contributed by atoms with E-state index in [1.54, 1.807) is 0 Å². The number of nitrogens with zero attached hydrogens (tertiary/aromatic N) is 2. The van der Waals surface area contributed by atoms with E-state index in [2.05, 4.69) is 20.8 Å². The highest BCUT2D eigenvalue weighted by molar-refractivity contribution is 5.86. The number of aromatic nitrogens is 2. The Labute approximate surface area is 74.7 Å². The Hall–Kier alpha value is -1.59. The fourth-order valence-electron chi connectivity index (χ4n) is 0.946. The molecule has 13 heavy (non-hydrogen) atoms. The topological polar surface area (TPSA) is 80.0 Å². The largest absolute Gasteiger partial charge is 0.341 e. The van der Waals surface area contributed by atoms with Crippen LogP contribution in [-0.2, 0) is 0 Å². The first-order valence-electron chi connectivity index (χ1n) is 4.12. The molecule has 1 heterocycles. The third-order valence-electron chi connectivity index (χ3n) is 1.82. The van der Waals surface area contributed by atoms with Crippen LogP contribution in [0.5, 0.6) is 0 Å². The van der Waals surface area contributed by atoms with Gasteiger partial charge in [-0.3, -0.25) is 5.32 Å². The molecule has 0 aliphatic heterocycles. The van der Waals surface area contributed by atoms with E-state index in [1.165, 1.54) is 7.05 Å². The lowest BCUT2D eigenvalue weighted by Gasteiger charge is -1.95. The van der Waals surface area contributed by atoms with Crippen molar-refractivity contribution in [1.29, 1.82) is 0 Å². The van der Waals surface area contributed by atoms with Crippen LogP contribution in [0.3, 0.4) is 0 Å². The standard InChI is InChI=1S/C7H10N4O2/c1-8-7(12)10-6-9-5(13-11-6)4-2-3-4/h4H,2-3H2,1H3,(H2,8,10,11,12). The molecular formula is C7H10N4O2. The fourth-order valence-corrected chi connectivity index (χ4v) is 0.946. The lowest BCUT2D eigenvalue weighted by molar-refractivity contribution is 0.253.